The van der Waals surface area contributed by atoms with Crippen molar-refractivity contribution in [2.24, 2.45) is 11.8 Å². The van der Waals surface area contributed by atoms with Gasteiger partial charge < -0.3 is 4.55 Å². The predicted octanol–water partition coefficient (Wildman–Crippen LogP) is 0.0522. The number of carbonyl (C=O) groups excluding carboxylic acids is 2. The lowest BCUT2D eigenvalue weighted by molar-refractivity contribution is -0.137. The number of rotatable bonds is 2. The fraction of sp³-hybridized carbons (Fsp3) is 0.778. The van der Waals surface area contributed by atoms with Crippen molar-refractivity contribution in [2.45, 2.75) is 25.5 Å². The van der Waals surface area contributed by atoms with Crippen LogP contribution in [0.1, 0.15) is 20.3 Å². The van der Waals surface area contributed by atoms with Gasteiger partial charge in [-0.3, -0.25) is 14.9 Å². The molecule has 1 aliphatic heterocycles. The number of imide groups is 1. The summed E-state index contributed by atoms with van der Waals surface area (Å²) in [5, 5.41) is 1.74. The lowest BCUT2D eigenvalue weighted by atomic mass is 9.87. The highest BCUT2D eigenvalue weighted by Crippen LogP contribution is 2.24. The molecule has 1 saturated heterocycles. The molecule has 0 spiro atoms. The molecule has 3 unspecified atom stereocenters. The van der Waals surface area contributed by atoms with Gasteiger partial charge in [0.05, 0.1) is 6.26 Å². The Morgan fingerprint density at radius 1 is 1.43 bits per heavy atom. The van der Waals surface area contributed by atoms with Gasteiger partial charge in [0, 0.05) is 12.3 Å². The van der Waals surface area contributed by atoms with Crippen molar-refractivity contribution in [3.05, 3.63) is 0 Å². The van der Waals surface area contributed by atoms with Crippen molar-refractivity contribution >= 4 is 23.0 Å². The number of carbonyl (C=O) groups is 2. The second-order valence-corrected chi connectivity index (χ2v) is 5.49. The molecule has 0 aromatic heterocycles. The summed E-state index contributed by atoms with van der Waals surface area (Å²) in [5.74, 6) is -0.643. The first-order valence-electron chi connectivity index (χ1n) is 4.60. The molecule has 14 heavy (non-hydrogen) atoms. The SMILES string of the molecule is CC(C)C1CC([S+](C)[O-])C(=O)NC1=O. The molecule has 5 heteroatoms. The van der Waals surface area contributed by atoms with Crippen LogP contribution in [0.3, 0.4) is 0 Å². The zero-order valence-corrected chi connectivity index (χ0v) is 9.39. The number of amides is 2. The Morgan fingerprint density at radius 3 is 2.43 bits per heavy atom. The molecule has 3 atom stereocenters. The maximum atomic E-state index is 11.4. The molecule has 0 bridgehead atoms. The van der Waals surface area contributed by atoms with Gasteiger partial charge in [0.15, 0.2) is 5.25 Å². The summed E-state index contributed by atoms with van der Waals surface area (Å²) in [4.78, 5) is 22.7. The Bertz CT molecular complexity index is 228. The largest absolute Gasteiger partial charge is 0.616 e. The first-order valence-corrected chi connectivity index (χ1v) is 6.22. The fourth-order valence-corrected chi connectivity index (χ4v) is 2.44. The molecular weight excluding hydrogens is 202 g/mol. The molecule has 4 nitrogen and oxygen atoms in total. The van der Waals surface area contributed by atoms with Crippen molar-refractivity contribution in [1.82, 2.24) is 5.32 Å². The molecule has 1 heterocycles. The van der Waals surface area contributed by atoms with Crippen LogP contribution in [-0.2, 0) is 20.8 Å². The number of hydrogen-bond donors (Lipinski definition) is 1. The van der Waals surface area contributed by atoms with E-state index in [1.807, 2.05) is 13.8 Å². The average Bonchev–Trinajstić information content (AvgIpc) is 2.02. The van der Waals surface area contributed by atoms with Crippen LogP contribution in [-0.4, -0.2) is 27.9 Å². The Hall–Kier alpha value is -0.550. The summed E-state index contributed by atoms with van der Waals surface area (Å²) in [5.41, 5.74) is 0. The van der Waals surface area contributed by atoms with Gasteiger partial charge in [-0.05, 0) is 17.1 Å². The van der Waals surface area contributed by atoms with Crippen LogP contribution in [0.4, 0.5) is 0 Å². The van der Waals surface area contributed by atoms with E-state index in [-0.39, 0.29) is 17.7 Å². The van der Waals surface area contributed by atoms with E-state index >= 15 is 0 Å². The average molecular weight is 217 g/mol. The van der Waals surface area contributed by atoms with Crippen molar-refractivity contribution in [3.63, 3.8) is 0 Å². The number of hydrogen-bond acceptors (Lipinski definition) is 3. The van der Waals surface area contributed by atoms with Crippen LogP contribution in [0.15, 0.2) is 0 Å². The van der Waals surface area contributed by atoms with E-state index in [4.69, 9.17) is 0 Å². The molecule has 0 radical (unpaired) electrons. The van der Waals surface area contributed by atoms with Gasteiger partial charge in [-0.25, -0.2) is 0 Å². The van der Waals surface area contributed by atoms with Crippen molar-refractivity contribution in [1.29, 1.82) is 0 Å². The van der Waals surface area contributed by atoms with Crippen LogP contribution in [0.5, 0.6) is 0 Å². The third-order valence-corrected chi connectivity index (χ3v) is 3.76. The standard InChI is InChI=1S/C9H15NO3S/c1-5(2)6-4-7(14(3)13)9(12)10-8(6)11/h5-7H,4H2,1-3H3,(H,10,11,12). The van der Waals surface area contributed by atoms with E-state index in [2.05, 4.69) is 5.32 Å². The van der Waals surface area contributed by atoms with Gasteiger partial charge in [0.1, 0.15) is 0 Å². The highest BCUT2D eigenvalue weighted by Gasteiger charge is 2.40. The van der Waals surface area contributed by atoms with Gasteiger partial charge >= 0.3 is 0 Å². The zero-order valence-electron chi connectivity index (χ0n) is 8.57. The summed E-state index contributed by atoms with van der Waals surface area (Å²) < 4.78 is 11.2. The first kappa shape index (κ1) is 11.5. The van der Waals surface area contributed by atoms with E-state index < -0.39 is 22.3 Å². The second-order valence-electron chi connectivity index (χ2n) is 3.93. The molecule has 1 rings (SSSR count). The Labute approximate surface area is 86.6 Å². The quantitative estimate of drug-likeness (QED) is 0.525. The minimum absolute atomic E-state index is 0.175. The van der Waals surface area contributed by atoms with Crippen LogP contribution < -0.4 is 5.32 Å². The third kappa shape index (κ3) is 2.27. The van der Waals surface area contributed by atoms with Gasteiger partial charge in [-0.1, -0.05) is 13.8 Å². The Balaban J connectivity index is 2.75. The van der Waals surface area contributed by atoms with E-state index in [1.165, 1.54) is 6.26 Å². The van der Waals surface area contributed by atoms with Crippen molar-refractivity contribution in [2.75, 3.05) is 6.26 Å². The third-order valence-electron chi connectivity index (χ3n) is 2.55. The predicted molar refractivity (Wildman–Crippen MR) is 53.9 cm³/mol. The maximum absolute atomic E-state index is 11.4. The Kier molecular flexibility index (Phi) is 3.55. The molecule has 0 aromatic rings. The maximum Gasteiger partial charge on any atom is 0.279 e. The number of piperidine rings is 1. The number of nitrogens with one attached hydrogen (secondary N) is 1. The minimum Gasteiger partial charge on any atom is -0.616 e. The fourth-order valence-electron chi connectivity index (χ4n) is 1.60. The summed E-state index contributed by atoms with van der Waals surface area (Å²) in [6, 6.07) is 0. The van der Waals surface area contributed by atoms with Crippen LogP contribution >= 0.6 is 0 Å². The van der Waals surface area contributed by atoms with Crippen molar-refractivity contribution in [3.8, 4) is 0 Å². The summed E-state index contributed by atoms with van der Waals surface area (Å²) in [6.07, 6.45) is 1.91. The van der Waals surface area contributed by atoms with E-state index in [9.17, 15) is 14.1 Å². The van der Waals surface area contributed by atoms with Crippen LogP contribution in [0, 0.1) is 11.8 Å². The van der Waals surface area contributed by atoms with Gasteiger partial charge in [-0.2, -0.15) is 0 Å². The molecule has 0 saturated carbocycles. The lowest BCUT2D eigenvalue weighted by Gasteiger charge is -2.29. The molecule has 0 aliphatic carbocycles. The molecule has 1 fully saturated rings. The monoisotopic (exact) mass is 217 g/mol. The summed E-state index contributed by atoms with van der Waals surface area (Å²) in [7, 11) is 0. The molecular formula is C9H15NO3S. The minimum atomic E-state index is -1.20. The summed E-state index contributed by atoms with van der Waals surface area (Å²) >= 11 is -1.20. The zero-order chi connectivity index (χ0) is 10.9. The van der Waals surface area contributed by atoms with E-state index in [0.29, 0.717) is 6.42 Å². The normalized spacial score (nSPS) is 30.4. The van der Waals surface area contributed by atoms with Crippen molar-refractivity contribution < 1.29 is 14.1 Å². The van der Waals surface area contributed by atoms with E-state index in [0.717, 1.165) is 0 Å². The van der Waals surface area contributed by atoms with E-state index in [1.54, 1.807) is 0 Å². The topological polar surface area (TPSA) is 69.2 Å². The lowest BCUT2D eigenvalue weighted by Crippen LogP contribution is -2.52. The molecule has 80 valence electrons. The smallest absolute Gasteiger partial charge is 0.279 e. The highest BCUT2D eigenvalue weighted by atomic mass is 32.2. The Morgan fingerprint density at radius 2 is 2.00 bits per heavy atom. The first-order chi connectivity index (χ1) is 6.43. The van der Waals surface area contributed by atoms with Crippen LogP contribution in [0.25, 0.3) is 0 Å². The van der Waals surface area contributed by atoms with Gasteiger partial charge in [-0.15, -0.1) is 0 Å². The summed E-state index contributed by atoms with van der Waals surface area (Å²) in [6.45, 7) is 3.85. The van der Waals surface area contributed by atoms with Gasteiger partial charge in [0.25, 0.3) is 5.91 Å². The molecule has 1 aliphatic rings. The van der Waals surface area contributed by atoms with Gasteiger partial charge in [0.2, 0.25) is 5.91 Å². The molecule has 2 amide bonds. The second kappa shape index (κ2) is 4.31. The van der Waals surface area contributed by atoms with Crippen LogP contribution in [0.2, 0.25) is 0 Å². The highest BCUT2D eigenvalue weighted by molar-refractivity contribution is 7.92. The molecule has 1 N–H and O–H groups in total. The molecule has 0 aromatic carbocycles.